The van der Waals surface area contributed by atoms with Crippen LogP contribution < -0.4 is 29.6 Å². The van der Waals surface area contributed by atoms with Crippen molar-refractivity contribution in [3.8, 4) is 0 Å². The fraction of sp³-hybridized carbons (Fsp3) is 0. The molecular formula is H3FFeNaO3P. The summed E-state index contributed by atoms with van der Waals surface area (Å²) < 4.78 is 12.6. The Morgan fingerprint density at radius 2 is 1.71 bits per heavy atom. The molecule has 7 heavy (non-hydrogen) atoms. The molecule has 0 aliphatic rings. The van der Waals surface area contributed by atoms with E-state index in [1.165, 1.54) is 0 Å². The second-order valence-electron chi connectivity index (χ2n) is 0.322. The maximum atomic E-state index is 10.1. The van der Waals surface area contributed by atoms with E-state index in [2.05, 4.69) is 4.73 Å². The average molecular weight is 180 g/mol. The molecule has 0 rings (SSSR count). The van der Waals surface area contributed by atoms with Crippen LogP contribution in [0, 0.1) is 0 Å². The van der Waals surface area contributed by atoms with Gasteiger partial charge in [-0.05, 0) is 4.53 Å². The Hall–Kier alpha value is 1.76. The predicted molar refractivity (Wildman–Crippen MR) is 14.7 cm³/mol. The quantitative estimate of drug-likeness (QED) is 0.338. The maximum Gasteiger partial charge on any atom is 1.00 e. The fourth-order valence-corrected chi connectivity index (χ4v) is 0. The number of rotatable bonds is 1. The van der Waals surface area contributed by atoms with E-state index < -0.39 is 8.60 Å². The van der Waals surface area contributed by atoms with Gasteiger partial charge in [0, 0.05) is 17.1 Å². The molecule has 0 saturated heterocycles. The third kappa shape index (κ3) is 18.2. The molecule has 0 atom stereocenters. The molecule has 2 N–H and O–H groups in total. The van der Waals surface area contributed by atoms with E-state index >= 15 is 0 Å². The summed E-state index contributed by atoms with van der Waals surface area (Å²) in [6, 6.07) is 0. The summed E-state index contributed by atoms with van der Waals surface area (Å²) in [7, 11) is -2.76. The van der Waals surface area contributed by atoms with Gasteiger partial charge >= 0.3 is 38.2 Å². The van der Waals surface area contributed by atoms with E-state index in [9.17, 15) is 4.53 Å². The van der Waals surface area contributed by atoms with Crippen LogP contribution in [0.2, 0.25) is 0 Å². The van der Waals surface area contributed by atoms with Gasteiger partial charge in [0.1, 0.15) is 0 Å². The third-order valence-electron chi connectivity index (χ3n) is 0.0617. The van der Waals surface area contributed by atoms with Crippen molar-refractivity contribution in [3.05, 3.63) is 0 Å². The van der Waals surface area contributed by atoms with E-state index in [1.807, 2.05) is 0 Å². The van der Waals surface area contributed by atoms with Crippen molar-refractivity contribution in [3.63, 3.8) is 0 Å². The topological polar surface area (TPSA) is 49.7 Å². The Bertz CT molecular complexity index is 33.2. The minimum Gasteiger partial charge on any atom is -1.00 e. The zero-order valence-corrected chi connectivity index (χ0v) is 7.48. The first-order valence-electron chi connectivity index (χ1n) is 0.737. The molecule has 0 aliphatic heterocycles. The van der Waals surface area contributed by atoms with E-state index in [0.717, 1.165) is 0 Å². The minimum atomic E-state index is -2.76. The molecule has 0 heterocycles. The van der Waals surface area contributed by atoms with Gasteiger partial charge in [-0.2, -0.15) is 0 Å². The molecule has 0 fully saturated rings. The summed E-state index contributed by atoms with van der Waals surface area (Å²) >= 11 is 0. The first-order chi connectivity index (χ1) is 2.27. The molecule has 0 aliphatic carbocycles. The van der Waals surface area contributed by atoms with Crippen LogP contribution in [0.4, 0.5) is 4.53 Å². The normalized spacial score (nSPS) is 6.86. The molecule has 3 nitrogen and oxygen atoms in total. The van der Waals surface area contributed by atoms with Crippen molar-refractivity contribution in [2.75, 3.05) is 0 Å². The molecule has 0 aromatic rings. The van der Waals surface area contributed by atoms with Gasteiger partial charge in [-0.25, -0.2) is 0 Å². The van der Waals surface area contributed by atoms with Crippen LogP contribution in [0.5, 0.6) is 0 Å². The van der Waals surface area contributed by atoms with Crippen LogP contribution in [0.3, 0.4) is 0 Å². The van der Waals surface area contributed by atoms with E-state index in [0.29, 0.717) is 0 Å². The zero-order chi connectivity index (χ0) is 4.28. The van der Waals surface area contributed by atoms with Crippen molar-refractivity contribution in [1.29, 1.82) is 0 Å². The molecule has 0 aromatic carbocycles. The largest absolute Gasteiger partial charge is 1.00 e. The van der Waals surface area contributed by atoms with E-state index in [-0.39, 0.29) is 48.1 Å². The van der Waals surface area contributed by atoms with Crippen molar-refractivity contribution in [1.82, 2.24) is 0 Å². The second-order valence-corrected chi connectivity index (χ2v) is 0.965. The summed E-state index contributed by atoms with van der Waals surface area (Å²) in [5.74, 6) is 0. The molecule has 0 unspecified atom stereocenters. The van der Waals surface area contributed by atoms with Crippen molar-refractivity contribution < 1.29 is 67.1 Å². The third-order valence-corrected chi connectivity index (χ3v) is 0.185. The first kappa shape index (κ1) is 15.9. The average Bonchev–Trinajstić information content (AvgIpc) is 1.38. The Morgan fingerprint density at radius 3 is 1.71 bits per heavy atom. The predicted octanol–water partition coefficient (Wildman–Crippen LogP) is -2.79. The Balaban J connectivity index is -0.0000000267. The van der Waals surface area contributed by atoms with E-state index in [4.69, 9.17) is 9.79 Å². The minimum absolute atomic E-state index is 0. The van der Waals surface area contributed by atoms with Gasteiger partial charge in [-0.3, -0.25) is 0 Å². The van der Waals surface area contributed by atoms with Gasteiger partial charge in [0.25, 0.3) is 0 Å². The Labute approximate surface area is 75.4 Å². The zero-order valence-electron chi connectivity index (χ0n) is 4.48. The standard InChI is InChI=1S/FH2O3P.Fe.Na.H/c1-4-5(2)3;;;/h2-3H;;;/q;;+1;-1. The monoisotopic (exact) mass is 180 g/mol. The summed E-state index contributed by atoms with van der Waals surface area (Å²) in [6.07, 6.45) is 0. The molecule has 0 aromatic heterocycles. The summed E-state index contributed by atoms with van der Waals surface area (Å²) in [5, 5.41) is 0. The molecular weight excluding hydrogens is 177 g/mol. The summed E-state index contributed by atoms with van der Waals surface area (Å²) in [4.78, 5) is 14.8. The van der Waals surface area contributed by atoms with Gasteiger partial charge in [-0.1, -0.05) is 0 Å². The van der Waals surface area contributed by atoms with Crippen LogP contribution in [-0.4, -0.2) is 9.79 Å². The molecule has 0 spiro atoms. The van der Waals surface area contributed by atoms with Crippen molar-refractivity contribution in [2.24, 2.45) is 0 Å². The smallest absolute Gasteiger partial charge is 1.00 e. The molecule has 0 saturated carbocycles. The van der Waals surface area contributed by atoms with Crippen LogP contribution in [0.25, 0.3) is 0 Å². The van der Waals surface area contributed by atoms with Crippen LogP contribution >= 0.6 is 8.60 Å². The van der Waals surface area contributed by atoms with Crippen LogP contribution in [0.1, 0.15) is 1.43 Å². The summed E-state index contributed by atoms with van der Waals surface area (Å²) in [6.45, 7) is 0. The summed E-state index contributed by atoms with van der Waals surface area (Å²) in [5.41, 5.74) is 0. The second kappa shape index (κ2) is 10.7. The maximum absolute atomic E-state index is 10.1. The van der Waals surface area contributed by atoms with Crippen LogP contribution in [0.15, 0.2) is 0 Å². The van der Waals surface area contributed by atoms with Gasteiger partial charge in [-0.15, -0.1) is 4.73 Å². The Morgan fingerprint density at radius 1 is 1.57 bits per heavy atom. The molecule has 42 valence electrons. The molecule has 0 radical (unpaired) electrons. The van der Waals surface area contributed by atoms with Crippen LogP contribution in [-0.2, 0) is 21.8 Å². The van der Waals surface area contributed by atoms with Gasteiger partial charge in [0.05, 0.1) is 0 Å². The fourth-order valence-electron chi connectivity index (χ4n) is 0. The number of halogens is 1. The SMILES string of the molecule is OP(O)OF.[Fe].[H-].[Na+]. The van der Waals surface area contributed by atoms with E-state index in [1.54, 1.807) is 0 Å². The van der Waals surface area contributed by atoms with Gasteiger partial charge in [0.15, 0.2) is 0 Å². The number of hydrogen-bond donors (Lipinski definition) is 2. The Kier molecular flexibility index (Phi) is 24.3. The number of hydrogen-bond acceptors (Lipinski definition) is 3. The van der Waals surface area contributed by atoms with Gasteiger partial charge in [0.2, 0.25) is 0 Å². The van der Waals surface area contributed by atoms with Gasteiger partial charge < -0.3 is 11.2 Å². The van der Waals surface area contributed by atoms with Crippen molar-refractivity contribution >= 4 is 8.60 Å². The molecule has 0 amide bonds. The van der Waals surface area contributed by atoms with Crippen molar-refractivity contribution in [2.45, 2.75) is 0 Å². The first-order valence-corrected chi connectivity index (χ1v) is 1.90. The molecule has 0 bridgehead atoms. The molecule has 7 heteroatoms.